The molecule has 0 spiro atoms. The van der Waals surface area contributed by atoms with Crippen molar-refractivity contribution in [2.45, 2.75) is 26.3 Å². The summed E-state index contributed by atoms with van der Waals surface area (Å²) in [6.07, 6.45) is 4.11. The number of aromatic nitrogens is 3. The minimum atomic E-state index is 0.00660. The van der Waals surface area contributed by atoms with E-state index in [4.69, 9.17) is 0 Å². The molecular weight excluding hydrogens is 262 g/mol. The molecule has 2 aromatic heterocycles. The van der Waals surface area contributed by atoms with E-state index in [1.165, 1.54) is 0 Å². The van der Waals surface area contributed by atoms with Crippen LogP contribution in [0, 0.1) is 6.92 Å². The van der Waals surface area contributed by atoms with Crippen molar-refractivity contribution in [2.75, 3.05) is 0 Å². The Kier molecular flexibility index (Phi) is 3.52. The third kappa shape index (κ3) is 2.70. The maximum atomic E-state index is 12.6. The van der Waals surface area contributed by atoms with Gasteiger partial charge in [-0.05, 0) is 38.1 Å². The lowest BCUT2D eigenvalue weighted by atomic mass is 10.1. The number of benzene rings is 1. The van der Waals surface area contributed by atoms with Crippen molar-refractivity contribution >= 4 is 10.9 Å². The molecule has 0 saturated heterocycles. The fraction of sp³-hybridized carbons (Fsp3) is 0.235. The molecule has 1 aromatic carbocycles. The van der Waals surface area contributed by atoms with E-state index in [0.717, 1.165) is 16.8 Å². The van der Waals surface area contributed by atoms with E-state index in [9.17, 15) is 4.79 Å². The molecule has 1 atom stereocenters. The van der Waals surface area contributed by atoms with Crippen molar-refractivity contribution in [1.29, 1.82) is 0 Å². The van der Waals surface area contributed by atoms with Crippen LogP contribution in [0.2, 0.25) is 0 Å². The van der Waals surface area contributed by atoms with Crippen LogP contribution in [-0.4, -0.2) is 14.5 Å². The van der Waals surface area contributed by atoms with Crippen LogP contribution in [0.15, 0.2) is 53.7 Å². The summed E-state index contributed by atoms with van der Waals surface area (Å²) >= 11 is 0. The summed E-state index contributed by atoms with van der Waals surface area (Å²) in [6, 6.07) is 11.6. The van der Waals surface area contributed by atoms with Gasteiger partial charge in [-0.2, -0.15) is 0 Å². The number of fused-ring (bicyclic) bond motifs is 1. The van der Waals surface area contributed by atoms with Crippen LogP contribution >= 0.6 is 0 Å². The number of nitrogens with zero attached hydrogens (tertiary/aromatic N) is 3. The van der Waals surface area contributed by atoms with Crippen molar-refractivity contribution in [1.82, 2.24) is 14.5 Å². The highest BCUT2D eigenvalue weighted by Crippen LogP contribution is 2.13. The average molecular weight is 279 g/mol. The van der Waals surface area contributed by atoms with Gasteiger partial charge >= 0.3 is 0 Å². The Hall–Kier alpha value is -2.49. The maximum Gasteiger partial charge on any atom is 0.261 e. The number of hydrogen-bond donors (Lipinski definition) is 0. The Labute approximate surface area is 123 Å². The lowest BCUT2D eigenvalue weighted by Gasteiger charge is -2.15. The molecule has 0 aliphatic rings. The van der Waals surface area contributed by atoms with Crippen molar-refractivity contribution in [2.24, 2.45) is 0 Å². The molecule has 0 bridgehead atoms. The molecule has 3 aromatic rings. The van der Waals surface area contributed by atoms with Gasteiger partial charge in [-0.25, -0.2) is 4.98 Å². The molecule has 0 fully saturated rings. The third-order valence-corrected chi connectivity index (χ3v) is 3.64. The van der Waals surface area contributed by atoms with Crippen LogP contribution in [0.5, 0.6) is 0 Å². The predicted molar refractivity (Wildman–Crippen MR) is 83.4 cm³/mol. The summed E-state index contributed by atoms with van der Waals surface area (Å²) in [7, 11) is 0. The molecule has 4 heteroatoms. The lowest BCUT2D eigenvalue weighted by Crippen LogP contribution is -2.25. The molecule has 0 amide bonds. The average Bonchev–Trinajstić information content (AvgIpc) is 2.49. The van der Waals surface area contributed by atoms with Crippen molar-refractivity contribution in [3.05, 3.63) is 70.5 Å². The van der Waals surface area contributed by atoms with Gasteiger partial charge in [0.25, 0.3) is 5.56 Å². The number of hydrogen-bond acceptors (Lipinski definition) is 3. The van der Waals surface area contributed by atoms with Gasteiger partial charge in [0.05, 0.1) is 17.2 Å². The number of rotatable bonds is 3. The molecule has 0 saturated carbocycles. The van der Waals surface area contributed by atoms with Crippen LogP contribution in [0.1, 0.15) is 24.2 Å². The first-order chi connectivity index (χ1) is 10.1. The standard InChI is InChI=1S/C17H17N3O/c1-12-6-7-16-15(9-12)17(21)20(11-19-16)13(2)10-14-5-3-4-8-18-14/h3-9,11,13H,10H2,1-2H3/t13-/m0/s1. The molecule has 0 N–H and O–H groups in total. The molecule has 0 radical (unpaired) electrons. The number of aryl methyl sites for hydroxylation is 1. The first-order valence-electron chi connectivity index (χ1n) is 7.02. The highest BCUT2D eigenvalue weighted by Gasteiger charge is 2.11. The molecule has 2 heterocycles. The second kappa shape index (κ2) is 5.48. The second-order valence-corrected chi connectivity index (χ2v) is 5.35. The van der Waals surface area contributed by atoms with E-state index >= 15 is 0 Å². The Morgan fingerprint density at radius 1 is 1.19 bits per heavy atom. The minimum Gasteiger partial charge on any atom is -0.295 e. The van der Waals surface area contributed by atoms with Crippen LogP contribution in [0.3, 0.4) is 0 Å². The quantitative estimate of drug-likeness (QED) is 0.740. The maximum absolute atomic E-state index is 12.6. The smallest absolute Gasteiger partial charge is 0.261 e. The van der Waals surface area contributed by atoms with Crippen molar-refractivity contribution in [3.63, 3.8) is 0 Å². The SMILES string of the molecule is Cc1ccc2ncn([C@@H](C)Cc3ccccn3)c(=O)c2c1. The van der Waals surface area contributed by atoms with Gasteiger partial charge in [0, 0.05) is 24.4 Å². The summed E-state index contributed by atoms with van der Waals surface area (Å²) in [5.41, 5.74) is 2.79. The highest BCUT2D eigenvalue weighted by atomic mass is 16.1. The molecule has 0 aliphatic carbocycles. The fourth-order valence-corrected chi connectivity index (χ4v) is 2.48. The van der Waals surface area contributed by atoms with Crippen LogP contribution in [0.4, 0.5) is 0 Å². The summed E-state index contributed by atoms with van der Waals surface area (Å²) in [5, 5.41) is 0.672. The molecule has 0 aliphatic heterocycles. The first-order valence-corrected chi connectivity index (χ1v) is 7.02. The summed E-state index contributed by atoms with van der Waals surface area (Å²) in [4.78, 5) is 21.3. The summed E-state index contributed by atoms with van der Waals surface area (Å²) in [5.74, 6) is 0. The van der Waals surface area contributed by atoms with E-state index in [1.807, 2.05) is 50.2 Å². The van der Waals surface area contributed by atoms with Gasteiger partial charge in [0.2, 0.25) is 0 Å². The Bertz CT molecular complexity index is 824. The Morgan fingerprint density at radius 3 is 2.81 bits per heavy atom. The van der Waals surface area contributed by atoms with Gasteiger partial charge in [-0.3, -0.25) is 14.3 Å². The fourth-order valence-electron chi connectivity index (χ4n) is 2.48. The van der Waals surface area contributed by atoms with Gasteiger partial charge in [0.15, 0.2) is 0 Å². The second-order valence-electron chi connectivity index (χ2n) is 5.35. The molecule has 0 unspecified atom stereocenters. The van der Waals surface area contributed by atoms with E-state index in [2.05, 4.69) is 9.97 Å². The Morgan fingerprint density at radius 2 is 2.05 bits per heavy atom. The highest BCUT2D eigenvalue weighted by molar-refractivity contribution is 5.77. The van der Waals surface area contributed by atoms with Gasteiger partial charge < -0.3 is 0 Å². The van der Waals surface area contributed by atoms with Gasteiger partial charge in [-0.15, -0.1) is 0 Å². The van der Waals surface area contributed by atoms with Crippen LogP contribution < -0.4 is 5.56 Å². The molecule has 4 nitrogen and oxygen atoms in total. The van der Waals surface area contributed by atoms with Crippen molar-refractivity contribution < 1.29 is 0 Å². The normalized spacial score (nSPS) is 12.5. The van der Waals surface area contributed by atoms with Crippen LogP contribution in [0.25, 0.3) is 10.9 Å². The summed E-state index contributed by atoms with van der Waals surface area (Å²) in [6.45, 7) is 3.99. The molecule has 21 heavy (non-hydrogen) atoms. The third-order valence-electron chi connectivity index (χ3n) is 3.64. The molecular formula is C17H17N3O. The number of pyridine rings is 1. The van der Waals surface area contributed by atoms with Crippen LogP contribution in [-0.2, 0) is 6.42 Å². The van der Waals surface area contributed by atoms with Crippen molar-refractivity contribution in [3.8, 4) is 0 Å². The van der Waals surface area contributed by atoms with E-state index in [0.29, 0.717) is 11.8 Å². The van der Waals surface area contributed by atoms with Gasteiger partial charge in [-0.1, -0.05) is 17.7 Å². The Balaban J connectivity index is 2.00. The molecule has 3 rings (SSSR count). The molecule has 106 valence electrons. The van der Waals surface area contributed by atoms with E-state index < -0.39 is 0 Å². The zero-order valence-corrected chi connectivity index (χ0v) is 12.2. The summed E-state index contributed by atoms with van der Waals surface area (Å²) < 4.78 is 1.69. The first kappa shape index (κ1) is 13.5. The van der Waals surface area contributed by atoms with Gasteiger partial charge in [0.1, 0.15) is 0 Å². The predicted octanol–water partition coefficient (Wildman–Crippen LogP) is 2.90. The van der Waals surface area contributed by atoms with E-state index in [1.54, 1.807) is 17.1 Å². The largest absolute Gasteiger partial charge is 0.295 e. The zero-order chi connectivity index (χ0) is 14.8. The minimum absolute atomic E-state index is 0.00660. The zero-order valence-electron chi connectivity index (χ0n) is 12.2. The van der Waals surface area contributed by atoms with E-state index in [-0.39, 0.29) is 11.6 Å². The lowest BCUT2D eigenvalue weighted by molar-refractivity contribution is 0.517. The monoisotopic (exact) mass is 279 g/mol. The topological polar surface area (TPSA) is 47.8 Å².